The number of carbonyl (C=O) groups is 2. The summed E-state index contributed by atoms with van der Waals surface area (Å²) >= 11 is 4.67. The van der Waals surface area contributed by atoms with Gasteiger partial charge in [0.25, 0.3) is 0 Å². The zero-order valence-electron chi connectivity index (χ0n) is 17.1. The number of aliphatic hydroxyl groups is 1. The Balaban J connectivity index is 2.10. The van der Waals surface area contributed by atoms with Gasteiger partial charge in [0.2, 0.25) is 0 Å². The van der Waals surface area contributed by atoms with Gasteiger partial charge in [-0.05, 0) is 55.5 Å². The van der Waals surface area contributed by atoms with Gasteiger partial charge in [-0.2, -0.15) is 10.5 Å². The van der Waals surface area contributed by atoms with Crippen LogP contribution in [0.3, 0.4) is 0 Å². The van der Waals surface area contributed by atoms with Gasteiger partial charge in [-0.3, -0.25) is 4.79 Å². The second-order valence-electron chi connectivity index (χ2n) is 6.91. The lowest BCUT2D eigenvalue weighted by Crippen LogP contribution is -2.13. The van der Waals surface area contributed by atoms with Crippen molar-refractivity contribution in [1.29, 1.82) is 10.5 Å². The zero-order valence-corrected chi connectivity index (χ0v) is 19.5. The predicted molar refractivity (Wildman–Crippen MR) is 123 cm³/mol. The van der Waals surface area contributed by atoms with Gasteiger partial charge in [0.15, 0.2) is 17.1 Å². The van der Waals surface area contributed by atoms with Crippen LogP contribution in [0.4, 0.5) is 5.00 Å². The maximum atomic E-state index is 12.8. The number of aliphatic hydroxyl groups excluding tert-OH is 1. The zero-order chi connectivity index (χ0) is 23.3. The number of nitrogens with one attached hydrogen (secondary N) is 1. The number of benzene rings is 1. The smallest absolute Gasteiger partial charge is 0.352 e. The summed E-state index contributed by atoms with van der Waals surface area (Å²) < 4.78 is 5.36. The molecule has 1 aromatic carbocycles. The van der Waals surface area contributed by atoms with Crippen LogP contribution in [0.1, 0.15) is 39.2 Å². The molecule has 2 N–H and O–H groups in total. The largest absolute Gasteiger partial charge is 0.504 e. The van der Waals surface area contributed by atoms with Crippen LogP contribution in [-0.2, 0) is 22.4 Å². The summed E-state index contributed by atoms with van der Waals surface area (Å²) in [6, 6.07) is 10.4. The van der Waals surface area contributed by atoms with Crippen LogP contribution in [0.2, 0.25) is 0 Å². The van der Waals surface area contributed by atoms with E-state index in [9.17, 15) is 25.2 Å². The Morgan fingerprint density at radius 3 is 2.53 bits per heavy atom. The Hall–Kier alpha value is -3.40. The molecule has 0 fully saturated rings. The highest BCUT2D eigenvalue weighted by molar-refractivity contribution is 9.10. The number of allylic oxidation sites excluding steroid dienone is 1. The molecule has 1 heterocycles. The molecule has 7 nitrogen and oxygen atoms in total. The molecule has 0 spiro atoms. The standard InChI is InChI=1S/C23H18BrN3O4S/c1-31-23(30)17(12-26)21(29)18(10-19(28)13-6-8-14(24)9-7-13)27-22-16(11-25)15-4-2-3-5-20(15)32-22/h6-10,27,29H,2-5H2,1H3. The number of carbonyl (C=O) groups excluding carboxylic acids is 2. The van der Waals surface area contributed by atoms with E-state index < -0.39 is 23.1 Å². The average Bonchev–Trinajstić information content (AvgIpc) is 3.16. The molecule has 0 atom stereocenters. The number of rotatable bonds is 6. The van der Waals surface area contributed by atoms with Gasteiger partial charge in [-0.15, -0.1) is 11.3 Å². The van der Waals surface area contributed by atoms with Crippen molar-refractivity contribution in [2.24, 2.45) is 0 Å². The molecule has 2 aromatic rings. The first kappa shape index (κ1) is 23.3. The van der Waals surface area contributed by atoms with Gasteiger partial charge in [-0.25, -0.2) is 4.79 Å². The van der Waals surface area contributed by atoms with Gasteiger partial charge in [0, 0.05) is 21.0 Å². The summed E-state index contributed by atoms with van der Waals surface area (Å²) in [7, 11) is 1.08. The van der Waals surface area contributed by atoms with Crippen LogP contribution >= 0.6 is 27.3 Å². The highest BCUT2D eigenvalue weighted by atomic mass is 79.9. The molecular formula is C23H18BrN3O4S. The van der Waals surface area contributed by atoms with E-state index in [-0.39, 0.29) is 5.70 Å². The van der Waals surface area contributed by atoms with Crippen LogP contribution in [0.25, 0.3) is 0 Å². The molecule has 9 heteroatoms. The molecule has 0 saturated heterocycles. The van der Waals surface area contributed by atoms with Crippen LogP contribution < -0.4 is 5.32 Å². The fourth-order valence-corrected chi connectivity index (χ4v) is 4.84. The highest BCUT2D eigenvalue weighted by Crippen LogP contribution is 2.38. The fraction of sp³-hybridized carbons (Fsp3) is 0.217. The number of nitrogens with zero attached hydrogens (tertiary/aromatic N) is 2. The first-order chi connectivity index (χ1) is 15.4. The molecule has 0 aliphatic heterocycles. The van der Waals surface area contributed by atoms with Crippen molar-refractivity contribution in [1.82, 2.24) is 0 Å². The monoisotopic (exact) mass is 511 g/mol. The minimum atomic E-state index is -1.04. The number of halogens is 1. The van der Waals surface area contributed by atoms with Crippen LogP contribution in [-0.4, -0.2) is 24.0 Å². The van der Waals surface area contributed by atoms with Crippen molar-refractivity contribution in [3.63, 3.8) is 0 Å². The Kier molecular flexibility index (Phi) is 7.47. The highest BCUT2D eigenvalue weighted by Gasteiger charge is 2.25. The van der Waals surface area contributed by atoms with Gasteiger partial charge in [0.1, 0.15) is 17.1 Å². The molecule has 0 saturated carbocycles. The minimum absolute atomic E-state index is 0.171. The number of hydrogen-bond donors (Lipinski definition) is 2. The molecule has 0 unspecified atom stereocenters. The third-order valence-corrected chi connectivity index (χ3v) is 6.66. The van der Waals surface area contributed by atoms with E-state index in [1.807, 2.05) is 0 Å². The van der Waals surface area contributed by atoms with Crippen molar-refractivity contribution in [2.45, 2.75) is 25.7 Å². The maximum Gasteiger partial charge on any atom is 0.352 e. The van der Waals surface area contributed by atoms with Gasteiger partial charge >= 0.3 is 5.97 Å². The third kappa shape index (κ3) is 4.91. The lowest BCUT2D eigenvalue weighted by Gasteiger charge is -2.11. The molecule has 3 rings (SSSR count). The molecule has 162 valence electrons. The number of methoxy groups -OCH3 is 1. The normalized spacial score (nSPS) is 13.8. The molecule has 32 heavy (non-hydrogen) atoms. The number of anilines is 1. The molecular weight excluding hydrogens is 494 g/mol. The molecule has 0 radical (unpaired) electrons. The van der Waals surface area contributed by atoms with Crippen molar-refractivity contribution in [2.75, 3.05) is 12.4 Å². The summed E-state index contributed by atoms with van der Waals surface area (Å²) in [4.78, 5) is 25.9. The summed E-state index contributed by atoms with van der Waals surface area (Å²) in [5, 5.41) is 33.2. The van der Waals surface area contributed by atoms with Crippen LogP contribution in [0.15, 0.2) is 51.8 Å². The van der Waals surface area contributed by atoms with Crippen molar-refractivity contribution >= 4 is 44.0 Å². The summed E-state index contributed by atoms with van der Waals surface area (Å²) in [6.07, 6.45) is 4.73. The van der Waals surface area contributed by atoms with Crippen molar-refractivity contribution in [3.8, 4) is 12.1 Å². The number of fused-ring (bicyclic) bond motifs is 1. The van der Waals surface area contributed by atoms with E-state index in [1.54, 1.807) is 30.3 Å². The van der Waals surface area contributed by atoms with E-state index in [2.05, 4.69) is 32.1 Å². The quantitative estimate of drug-likeness (QED) is 0.140. The predicted octanol–water partition coefficient (Wildman–Crippen LogP) is 4.95. The lowest BCUT2D eigenvalue weighted by atomic mass is 9.96. The molecule has 1 aliphatic carbocycles. The average molecular weight is 512 g/mol. The number of ketones is 1. The first-order valence-corrected chi connectivity index (χ1v) is 11.3. The summed E-state index contributed by atoms with van der Waals surface area (Å²) in [5.74, 6) is -2.24. The Morgan fingerprint density at radius 2 is 1.91 bits per heavy atom. The molecule has 0 amide bonds. The number of aryl methyl sites for hydroxylation is 1. The maximum absolute atomic E-state index is 12.8. The minimum Gasteiger partial charge on any atom is -0.504 e. The Bertz CT molecular complexity index is 1210. The number of thiophene rings is 1. The summed E-state index contributed by atoms with van der Waals surface area (Å²) in [5.41, 5.74) is 0.908. The van der Waals surface area contributed by atoms with Gasteiger partial charge in [0.05, 0.1) is 18.4 Å². The Labute approximate surface area is 197 Å². The van der Waals surface area contributed by atoms with Crippen LogP contribution in [0, 0.1) is 22.7 Å². The SMILES string of the molecule is COC(=O)C(C#N)=C(O)C(=CC(=O)c1ccc(Br)cc1)Nc1sc2c(c1C#N)CCCC2. The van der Waals surface area contributed by atoms with E-state index in [1.165, 1.54) is 11.3 Å². The molecule has 1 aromatic heterocycles. The van der Waals surface area contributed by atoms with Crippen LogP contribution in [0.5, 0.6) is 0 Å². The van der Waals surface area contributed by atoms with E-state index in [0.717, 1.165) is 53.8 Å². The third-order valence-electron chi connectivity index (χ3n) is 4.93. The second-order valence-corrected chi connectivity index (χ2v) is 8.93. The number of ether oxygens (including phenoxy) is 1. The van der Waals surface area contributed by atoms with E-state index in [4.69, 9.17) is 0 Å². The number of esters is 1. The number of hydrogen-bond acceptors (Lipinski definition) is 8. The van der Waals surface area contributed by atoms with Gasteiger partial charge in [-0.1, -0.05) is 15.9 Å². The van der Waals surface area contributed by atoms with Crippen molar-refractivity contribution < 1.29 is 19.4 Å². The van der Waals surface area contributed by atoms with E-state index in [0.29, 0.717) is 16.1 Å². The molecule has 0 bridgehead atoms. The second kappa shape index (κ2) is 10.3. The fourth-order valence-electron chi connectivity index (χ4n) is 3.32. The molecule has 1 aliphatic rings. The topological polar surface area (TPSA) is 123 Å². The lowest BCUT2D eigenvalue weighted by molar-refractivity contribution is -0.135. The number of nitriles is 2. The summed E-state index contributed by atoms with van der Waals surface area (Å²) in [6.45, 7) is 0. The van der Waals surface area contributed by atoms with E-state index >= 15 is 0 Å². The van der Waals surface area contributed by atoms with Crippen molar-refractivity contribution in [3.05, 3.63) is 73.4 Å². The Morgan fingerprint density at radius 1 is 1.22 bits per heavy atom. The van der Waals surface area contributed by atoms with Gasteiger partial charge < -0.3 is 15.2 Å². The first-order valence-electron chi connectivity index (χ1n) is 9.64.